The second-order valence-corrected chi connectivity index (χ2v) is 4.64. The lowest BCUT2D eigenvalue weighted by molar-refractivity contribution is -0.384. The molecule has 0 radical (unpaired) electrons. The summed E-state index contributed by atoms with van der Waals surface area (Å²) in [6, 6.07) is 8.07. The maximum atomic E-state index is 10.7. The Hall–Kier alpha value is -2.94. The number of aryl methyl sites for hydroxylation is 3. The van der Waals surface area contributed by atoms with Gasteiger partial charge in [-0.3, -0.25) is 15.1 Å². The van der Waals surface area contributed by atoms with Gasteiger partial charge in [0.05, 0.1) is 10.6 Å². The molecule has 6 heteroatoms. The van der Waals surface area contributed by atoms with Crippen LogP contribution in [0.15, 0.2) is 24.3 Å². The molecule has 106 valence electrons. The summed E-state index contributed by atoms with van der Waals surface area (Å²) in [6.07, 6.45) is 0. The zero-order chi connectivity index (χ0) is 15.6. The fourth-order valence-corrected chi connectivity index (χ4v) is 1.99. The average molecular weight is 283 g/mol. The number of aromatic nitrogens is 1. The lowest BCUT2D eigenvalue weighted by Gasteiger charge is -2.11. The van der Waals surface area contributed by atoms with Crippen molar-refractivity contribution < 1.29 is 9.66 Å². The van der Waals surface area contributed by atoms with Crippen LogP contribution in [-0.4, -0.2) is 9.91 Å². The molecule has 2 rings (SSSR count). The first kappa shape index (κ1) is 14.5. The third kappa shape index (κ3) is 2.98. The van der Waals surface area contributed by atoms with E-state index in [0.29, 0.717) is 28.3 Å². The van der Waals surface area contributed by atoms with E-state index in [-0.39, 0.29) is 5.69 Å². The standard InChI is InChI=1S/C15H13N3O3/c1-9-6-12(18(19)20)4-5-14(9)21-15-7-10(2)17-11(3)13(15)8-16/h4-7H,1-3H3. The maximum Gasteiger partial charge on any atom is 0.269 e. The fourth-order valence-electron chi connectivity index (χ4n) is 1.99. The summed E-state index contributed by atoms with van der Waals surface area (Å²) in [5, 5.41) is 19.9. The zero-order valence-electron chi connectivity index (χ0n) is 11.9. The third-order valence-corrected chi connectivity index (χ3v) is 2.99. The van der Waals surface area contributed by atoms with Gasteiger partial charge in [-0.05, 0) is 32.4 Å². The van der Waals surface area contributed by atoms with Gasteiger partial charge in [-0.1, -0.05) is 0 Å². The van der Waals surface area contributed by atoms with Gasteiger partial charge in [0.1, 0.15) is 23.1 Å². The van der Waals surface area contributed by atoms with Crippen LogP contribution >= 0.6 is 0 Å². The number of pyridine rings is 1. The van der Waals surface area contributed by atoms with Crippen LogP contribution in [0, 0.1) is 42.2 Å². The van der Waals surface area contributed by atoms with Crippen LogP contribution < -0.4 is 4.74 Å². The van der Waals surface area contributed by atoms with Crippen LogP contribution in [-0.2, 0) is 0 Å². The van der Waals surface area contributed by atoms with E-state index in [4.69, 9.17) is 4.74 Å². The third-order valence-electron chi connectivity index (χ3n) is 2.99. The van der Waals surface area contributed by atoms with Crippen molar-refractivity contribution in [2.45, 2.75) is 20.8 Å². The summed E-state index contributed by atoms with van der Waals surface area (Å²) in [5.74, 6) is 0.876. The van der Waals surface area contributed by atoms with Gasteiger partial charge in [0.15, 0.2) is 0 Å². The number of hydrogen-bond acceptors (Lipinski definition) is 5. The molecular weight excluding hydrogens is 270 g/mol. The molecule has 1 aromatic carbocycles. The molecule has 0 N–H and O–H groups in total. The Balaban J connectivity index is 2.44. The van der Waals surface area contributed by atoms with Gasteiger partial charge in [0, 0.05) is 23.9 Å². The number of benzene rings is 1. The zero-order valence-corrected chi connectivity index (χ0v) is 11.9. The quantitative estimate of drug-likeness (QED) is 0.634. The minimum Gasteiger partial charge on any atom is -0.456 e. The lowest BCUT2D eigenvalue weighted by atomic mass is 10.1. The number of nitro benzene ring substituents is 1. The molecule has 1 aromatic heterocycles. The number of nitrogens with zero attached hydrogens (tertiary/aromatic N) is 3. The Morgan fingerprint density at radius 3 is 2.52 bits per heavy atom. The average Bonchev–Trinajstić information content (AvgIpc) is 2.40. The van der Waals surface area contributed by atoms with Crippen LogP contribution in [0.5, 0.6) is 11.5 Å². The topological polar surface area (TPSA) is 89.0 Å². The first-order chi connectivity index (χ1) is 9.92. The van der Waals surface area contributed by atoms with Crippen molar-refractivity contribution in [2.24, 2.45) is 0 Å². The molecule has 0 amide bonds. The first-order valence-corrected chi connectivity index (χ1v) is 6.23. The van der Waals surface area contributed by atoms with Crippen molar-refractivity contribution in [1.29, 1.82) is 5.26 Å². The van der Waals surface area contributed by atoms with Gasteiger partial charge in [-0.15, -0.1) is 0 Å². The smallest absolute Gasteiger partial charge is 0.269 e. The second-order valence-electron chi connectivity index (χ2n) is 4.64. The molecule has 0 aliphatic rings. The largest absolute Gasteiger partial charge is 0.456 e. The van der Waals surface area contributed by atoms with E-state index < -0.39 is 4.92 Å². The van der Waals surface area contributed by atoms with E-state index in [9.17, 15) is 15.4 Å². The summed E-state index contributed by atoms with van der Waals surface area (Å²) >= 11 is 0. The van der Waals surface area contributed by atoms with Crippen molar-refractivity contribution in [2.75, 3.05) is 0 Å². The van der Waals surface area contributed by atoms with Crippen LogP contribution in [0.1, 0.15) is 22.5 Å². The molecule has 0 saturated heterocycles. The van der Waals surface area contributed by atoms with Crippen LogP contribution in [0.4, 0.5) is 5.69 Å². The first-order valence-electron chi connectivity index (χ1n) is 6.23. The fraction of sp³-hybridized carbons (Fsp3) is 0.200. The number of non-ortho nitro benzene ring substituents is 1. The SMILES string of the molecule is Cc1cc(Oc2ccc([N+](=O)[O-])cc2C)c(C#N)c(C)n1. The van der Waals surface area contributed by atoms with E-state index in [2.05, 4.69) is 11.1 Å². The van der Waals surface area contributed by atoms with Crippen molar-refractivity contribution in [3.63, 3.8) is 0 Å². The molecule has 0 bridgehead atoms. The molecule has 0 spiro atoms. The molecule has 0 unspecified atom stereocenters. The molecule has 0 fully saturated rings. The molecule has 21 heavy (non-hydrogen) atoms. The Bertz CT molecular complexity index is 763. The predicted octanol–water partition coefficient (Wildman–Crippen LogP) is 3.58. The Morgan fingerprint density at radius 2 is 1.95 bits per heavy atom. The minimum absolute atomic E-state index is 0.00226. The van der Waals surface area contributed by atoms with E-state index in [1.54, 1.807) is 19.9 Å². The molecule has 2 aromatic rings. The highest BCUT2D eigenvalue weighted by Gasteiger charge is 2.13. The molecular formula is C15H13N3O3. The molecule has 0 atom stereocenters. The molecule has 0 aliphatic heterocycles. The molecule has 0 saturated carbocycles. The lowest BCUT2D eigenvalue weighted by Crippen LogP contribution is -1.97. The maximum absolute atomic E-state index is 10.7. The number of hydrogen-bond donors (Lipinski definition) is 0. The van der Waals surface area contributed by atoms with Crippen LogP contribution in [0.2, 0.25) is 0 Å². The second kappa shape index (κ2) is 5.59. The highest BCUT2D eigenvalue weighted by atomic mass is 16.6. The Morgan fingerprint density at radius 1 is 1.24 bits per heavy atom. The van der Waals surface area contributed by atoms with E-state index in [0.717, 1.165) is 5.69 Å². The van der Waals surface area contributed by atoms with E-state index in [1.807, 2.05) is 6.92 Å². The van der Waals surface area contributed by atoms with Crippen LogP contribution in [0.25, 0.3) is 0 Å². The Kier molecular flexibility index (Phi) is 3.85. The summed E-state index contributed by atoms with van der Waals surface area (Å²) in [5.41, 5.74) is 2.31. The summed E-state index contributed by atoms with van der Waals surface area (Å²) < 4.78 is 5.74. The van der Waals surface area contributed by atoms with Gasteiger partial charge in [-0.2, -0.15) is 5.26 Å². The summed E-state index contributed by atoms with van der Waals surface area (Å²) in [7, 11) is 0. The van der Waals surface area contributed by atoms with Gasteiger partial charge in [0.25, 0.3) is 5.69 Å². The monoisotopic (exact) mass is 283 g/mol. The summed E-state index contributed by atoms with van der Waals surface area (Å²) in [4.78, 5) is 14.5. The van der Waals surface area contributed by atoms with Crippen molar-refractivity contribution >= 4 is 5.69 Å². The highest BCUT2D eigenvalue weighted by Crippen LogP contribution is 2.31. The van der Waals surface area contributed by atoms with Crippen molar-refractivity contribution in [3.8, 4) is 17.6 Å². The van der Waals surface area contributed by atoms with Gasteiger partial charge in [-0.25, -0.2) is 0 Å². The van der Waals surface area contributed by atoms with E-state index >= 15 is 0 Å². The van der Waals surface area contributed by atoms with Crippen LogP contribution in [0.3, 0.4) is 0 Å². The number of nitriles is 1. The van der Waals surface area contributed by atoms with Crippen molar-refractivity contribution in [1.82, 2.24) is 4.98 Å². The van der Waals surface area contributed by atoms with Gasteiger partial charge in [0.2, 0.25) is 0 Å². The van der Waals surface area contributed by atoms with Gasteiger partial charge >= 0.3 is 0 Å². The predicted molar refractivity (Wildman–Crippen MR) is 76.3 cm³/mol. The van der Waals surface area contributed by atoms with Crippen molar-refractivity contribution in [3.05, 3.63) is 56.9 Å². The highest BCUT2D eigenvalue weighted by molar-refractivity contribution is 5.51. The van der Waals surface area contributed by atoms with Gasteiger partial charge < -0.3 is 4.74 Å². The summed E-state index contributed by atoms with van der Waals surface area (Å²) in [6.45, 7) is 5.26. The van der Waals surface area contributed by atoms with E-state index in [1.165, 1.54) is 18.2 Å². The Labute approximate surface area is 121 Å². The number of ether oxygens (including phenoxy) is 1. The molecule has 0 aliphatic carbocycles. The normalized spacial score (nSPS) is 10.0. The molecule has 6 nitrogen and oxygen atoms in total. The minimum atomic E-state index is -0.460. The molecule has 1 heterocycles. The number of nitro groups is 1. The number of rotatable bonds is 3.